The number of aromatic nitrogens is 1. The number of rotatable bonds is 4. The molecule has 4 rings (SSSR count). The Labute approximate surface area is 159 Å². The van der Waals surface area contributed by atoms with E-state index in [-0.39, 0.29) is 6.04 Å². The Morgan fingerprint density at radius 2 is 2.00 bits per heavy atom. The first-order valence-electron chi connectivity index (χ1n) is 9.38. The van der Waals surface area contributed by atoms with Gasteiger partial charge in [0.25, 0.3) is 0 Å². The lowest BCUT2D eigenvalue weighted by Gasteiger charge is -2.50. The van der Waals surface area contributed by atoms with Crippen molar-refractivity contribution in [1.29, 1.82) is 0 Å². The fourth-order valence-electron chi connectivity index (χ4n) is 4.18. The zero-order chi connectivity index (χ0) is 18.0. The number of piperidine rings is 1. The fourth-order valence-corrected chi connectivity index (χ4v) is 5.00. The summed E-state index contributed by atoms with van der Waals surface area (Å²) in [5.74, 6) is 0. The summed E-state index contributed by atoms with van der Waals surface area (Å²) in [7, 11) is 0. The van der Waals surface area contributed by atoms with Crippen molar-refractivity contribution < 1.29 is 9.84 Å². The van der Waals surface area contributed by atoms with E-state index in [0.717, 1.165) is 63.6 Å². The van der Waals surface area contributed by atoms with Crippen LogP contribution in [-0.4, -0.2) is 65.3 Å². The third kappa shape index (κ3) is 3.57. The molecule has 0 saturated carbocycles. The first-order valence-corrected chi connectivity index (χ1v) is 10.3. The predicted molar refractivity (Wildman–Crippen MR) is 103 cm³/mol. The van der Waals surface area contributed by atoms with Gasteiger partial charge < -0.3 is 9.84 Å². The van der Waals surface area contributed by atoms with Crippen LogP contribution in [-0.2, 0) is 16.9 Å². The average Bonchev–Trinajstić information content (AvgIpc) is 3.09. The molecule has 0 radical (unpaired) electrons. The van der Waals surface area contributed by atoms with Gasteiger partial charge in [-0.05, 0) is 18.9 Å². The van der Waals surface area contributed by atoms with Gasteiger partial charge in [0.1, 0.15) is 5.60 Å². The van der Waals surface area contributed by atoms with Gasteiger partial charge in [0.05, 0.1) is 30.5 Å². The van der Waals surface area contributed by atoms with Crippen molar-refractivity contribution in [3.05, 3.63) is 52.0 Å². The molecule has 2 aliphatic rings. The lowest BCUT2D eigenvalue weighted by molar-refractivity contribution is -0.119. The van der Waals surface area contributed by atoms with Crippen LogP contribution in [0.2, 0.25) is 0 Å². The summed E-state index contributed by atoms with van der Waals surface area (Å²) in [5.41, 5.74) is 3.28. The minimum atomic E-state index is -0.808. The standard InChI is InChI=1S/C20H27N3O2S/c1-16-18(26-15-21-16)13-22-8-7-20(24,17-5-3-2-4-6-17)19(14-22)23-9-11-25-12-10-23/h2-6,15,19,24H,7-14H2,1H3/t19-,20+/m1/s1. The van der Waals surface area contributed by atoms with E-state index >= 15 is 0 Å². The molecule has 0 unspecified atom stereocenters. The van der Waals surface area contributed by atoms with Crippen LogP contribution in [0.15, 0.2) is 35.8 Å². The quantitative estimate of drug-likeness (QED) is 0.891. The smallest absolute Gasteiger partial charge is 0.108 e. The van der Waals surface area contributed by atoms with E-state index in [1.54, 1.807) is 11.3 Å². The normalized spacial score (nSPS) is 28.3. The van der Waals surface area contributed by atoms with Crippen LogP contribution in [0.5, 0.6) is 0 Å². The summed E-state index contributed by atoms with van der Waals surface area (Å²) in [6, 6.07) is 10.3. The average molecular weight is 374 g/mol. The number of hydrogen-bond donors (Lipinski definition) is 1. The topological polar surface area (TPSA) is 48.8 Å². The highest BCUT2D eigenvalue weighted by molar-refractivity contribution is 7.09. The van der Waals surface area contributed by atoms with Gasteiger partial charge in [-0.15, -0.1) is 11.3 Å². The van der Waals surface area contributed by atoms with E-state index in [0.29, 0.717) is 0 Å². The number of aliphatic hydroxyl groups is 1. The van der Waals surface area contributed by atoms with E-state index in [9.17, 15) is 5.11 Å². The summed E-state index contributed by atoms with van der Waals surface area (Å²) in [4.78, 5) is 10.6. The maximum absolute atomic E-state index is 11.7. The Balaban J connectivity index is 1.58. The number of likely N-dealkylation sites (tertiary alicyclic amines) is 1. The van der Waals surface area contributed by atoms with Gasteiger partial charge in [-0.1, -0.05) is 30.3 Å². The molecule has 0 bridgehead atoms. The molecule has 2 fully saturated rings. The number of thiazole rings is 1. The van der Waals surface area contributed by atoms with Gasteiger partial charge in [-0.2, -0.15) is 0 Å². The fraction of sp³-hybridized carbons (Fsp3) is 0.550. The molecular weight excluding hydrogens is 346 g/mol. The van der Waals surface area contributed by atoms with Crippen molar-refractivity contribution in [1.82, 2.24) is 14.8 Å². The van der Waals surface area contributed by atoms with E-state index < -0.39 is 5.60 Å². The van der Waals surface area contributed by atoms with Crippen LogP contribution in [0.1, 0.15) is 22.6 Å². The zero-order valence-electron chi connectivity index (χ0n) is 15.3. The van der Waals surface area contributed by atoms with Gasteiger partial charge >= 0.3 is 0 Å². The largest absolute Gasteiger partial charge is 0.383 e. The lowest BCUT2D eigenvalue weighted by Crippen LogP contribution is -2.62. The highest BCUT2D eigenvalue weighted by Gasteiger charge is 2.46. The number of hydrogen-bond acceptors (Lipinski definition) is 6. The molecule has 0 amide bonds. The molecule has 3 heterocycles. The highest BCUT2D eigenvalue weighted by atomic mass is 32.1. The summed E-state index contributed by atoms with van der Waals surface area (Å²) < 4.78 is 5.55. The number of nitrogens with zero attached hydrogens (tertiary/aromatic N) is 3. The molecule has 26 heavy (non-hydrogen) atoms. The monoisotopic (exact) mass is 373 g/mol. The molecular formula is C20H27N3O2S. The summed E-state index contributed by atoms with van der Waals surface area (Å²) in [6.07, 6.45) is 0.747. The van der Waals surface area contributed by atoms with Crippen LogP contribution in [0, 0.1) is 6.92 Å². The van der Waals surface area contributed by atoms with Crippen molar-refractivity contribution >= 4 is 11.3 Å². The summed E-state index contributed by atoms with van der Waals surface area (Å²) in [5, 5.41) is 11.7. The van der Waals surface area contributed by atoms with Crippen LogP contribution in [0.3, 0.4) is 0 Å². The van der Waals surface area contributed by atoms with Gasteiger partial charge in [0.2, 0.25) is 0 Å². The molecule has 2 aliphatic heterocycles. The molecule has 1 aromatic carbocycles. The van der Waals surface area contributed by atoms with E-state index in [2.05, 4.69) is 33.8 Å². The Kier molecular flexibility index (Phi) is 5.38. The van der Waals surface area contributed by atoms with Crippen LogP contribution in [0.4, 0.5) is 0 Å². The predicted octanol–water partition coefficient (Wildman–Crippen LogP) is 2.25. The number of aryl methyl sites for hydroxylation is 1. The molecule has 2 atom stereocenters. The van der Waals surface area contributed by atoms with E-state index in [4.69, 9.17) is 4.74 Å². The number of morpholine rings is 1. The van der Waals surface area contributed by atoms with Crippen molar-refractivity contribution in [3.8, 4) is 0 Å². The Morgan fingerprint density at radius 1 is 1.23 bits per heavy atom. The molecule has 140 valence electrons. The van der Waals surface area contributed by atoms with Gasteiger partial charge in [-0.25, -0.2) is 4.98 Å². The first-order chi connectivity index (χ1) is 12.7. The second-order valence-corrected chi connectivity index (χ2v) is 8.24. The number of ether oxygens (including phenoxy) is 1. The van der Waals surface area contributed by atoms with Crippen LogP contribution >= 0.6 is 11.3 Å². The lowest BCUT2D eigenvalue weighted by atomic mass is 9.79. The minimum absolute atomic E-state index is 0.0794. The Hall–Kier alpha value is -1.31. The molecule has 0 spiro atoms. The van der Waals surface area contributed by atoms with Crippen molar-refractivity contribution in [2.24, 2.45) is 0 Å². The minimum Gasteiger partial charge on any atom is -0.383 e. The molecule has 0 aliphatic carbocycles. The summed E-state index contributed by atoms with van der Waals surface area (Å²) >= 11 is 1.73. The molecule has 1 aromatic heterocycles. The third-order valence-corrected chi connectivity index (χ3v) is 6.68. The van der Waals surface area contributed by atoms with E-state index in [1.807, 2.05) is 23.7 Å². The van der Waals surface area contributed by atoms with Crippen LogP contribution < -0.4 is 0 Å². The van der Waals surface area contributed by atoms with E-state index in [1.165, 1.54) is 4.88 Å². The maximum atomic E-state index is 11.7. The van der Waals surface area contributed by atoms with Crippen molar-refractivity contribution in [3.63, 3.8) is 0 Å². The number of benzene rings is 1. The van der Waals surface area contributed by atoms with Crippen LogP contribution in [0.25, 0.3) is 0 Å². The van der Waals surface area contributed by atoms with Gasteiger partial charge in [0.15, 0.2) is 0 Å². The molecule has 2 saturated heterocycles. The van der Waals surface area contributed by atoms with Gasteiger partial charge in [0, 0.05) is 37.6 Å². The summed E-state index contributed by atoms with van der Waals surface area (Å²) in [6.45, 7) is 8.01. The Morgan fingerprint density at radius 3 is 2.69 bits per heavy atom. The first kappa shape index (κ1) is 18.1. The van der Waals surface area contributed by atoms with Crippen molar-refractivity contribution in [2.75, 3.05) is 39.4 Å². The third-order valence-electron chi connectivity index (χ3n) is 5.76. The highest BCUT2D eigenvalue weighted by Crippen LogP contribution is 2.37. The molecule has 5 nitrogen and oxygen atoms in total. The second kappa shape index (κ2) is 7.74. The Bertz CT molecular complexity index is 717. The maximum Gasteiger partial charge on any atom is 0.108 e. The second-order valence-electron chi connectivity index (χ2n) is 7.30. The SMILES string of the molecule is Cc1ncsc1CN1CC[C@](O)(c2ccccc2)[C@H](N2CCOCC2)C1. The molecule has 6 heteroatoms. The van der Waals surface area contributed by atoms with Gasteiger partial charge in [-0.3, -0.25) is 9.80 Å². The zero-order valence-corrected chi connectivity index (χ0v) is 16.1. The van der Waals surface area contributed by atoms with Crippen molar-refractivity contribution in [2.45, 2.75) is 31.5 Å². The molecule has 2 aromatic rings. The molecule has 1 N–H and O–H groups in total.